The van der Waals surface area contributed by atoms with E-state index >= 15 is 0 Å². The average molecular weight is 285 g/mol. The molecule has 1 heterocycles. The molecule has 6 nitrogen and oxygen atoms in total. The molecule has 0 saturated carbocycles. The zero-order valence-corrected chi connectivity index (χ0v) is 11.0. The molecule has 0 aromatic heterocycles. The maximum absolute atomic E-state index is 11.7. The lowest BCUT2D eigenvalue weighted by atomic mass is 10.3. The molecule has 0 radical (unpaired) electrons. The molecule has 0 bridgehead atoms. The highest BCUT2D eigenvalue weighted by atomic mass is 35.5. The van der Waals surface area contributed by atoms with Crippen molar-refractivity contribution in [3.63, 3.8) is 0 Å². The van der Waals surface area contributed by atoms with Gasteiger partial charge in [0.15, 0.2) is 6.10 Å². The zero-order chi connectivity index (χ0) is 13.8. The Labute approximate surface area is 115 Å². The minimum atomic E-state index is -0.558. The molecule has 1 aliphatic rings. The maximum Gasteiger partial charge on any atom is 0.414 e. The SMILES string of the molecule is CNC(=O)OCC1CN(c2cccc(Cl)c2)C(=O)O1. The lowest BCUT2D eigenvalue weighted by Gasteiger charge is -2.13. The van der Waals surface area contributed by atoms with Crippen molar-refractivity contribution in [1.82, 2.24) is 5.32 Å². The van der Waals surface area contributed by atoms with Gasteiger partial charge in [0.1, 0.15) is 6.61 Å². The maximum atomic E-state index is 11.7. The minimum Gasteiger partial charge on any atom is -0.446 e. The van der Waals surface area contributed by atoms with Gasteiger partial charge in [0.05, 0.1) is 6.54 Å². The van der Waals surface area contributed by atoms with E-state index in [2.05, 4.69) is 5.32 Å². The Morgan fingerprint density at radius 2 is 2.42 bits per heavy atom. The molecule has 1 N–H and O–H groups in total. The van der Waals surface area contributed by atoms with Gasteiger partial charge >= 0.3 is 12.2 Å². The summed E-state index contributed by atoms with van der Waals surface area (Å²) in [7, 11) is 1.46. The molecule has 19 heavy (non-hydrogen) atoms. The Morgan fingerprint density at radius 3 is 3.11 bits per heavy atom. The summed E-state index contributed by atoms with van der Waals surface area (Å²) in [4.78, 5) is 24.1. The summed E-state index contributed by atoms with van der Waals surface area (Å²) in [6.07, 6.45) is -1.52. The van der Waals surface area contributed by atoms with E-state index in [0.29, 0.717) is 17.3 Å². The molecule has 1 fully saturated rings. The molecule has 1 atom stereocenters. The number of halogens is 1. The molecule has 1 aliphatic heterocycles. The van der Waals surface area contributed by atoms with Crippen molar-refractivity contribution < 1.29 is 19.1 Å². The summed E-state index contributed by atoms with van der Waals surface area (Å²) >= 11 is 5.87. The molecule has 0 aliphatic carbocycles. The van der Waals surface area contributed by atoms with Gasteiger partial charge in [-0.1, -0.05) is 17.7 Å². The van der Waals surface area contributed by atoms with Crippen LogP contribution < -0.4 is 10.2 Å². The summed E-state index contributed by atoms with van der Waals surface area (Å²) in [5.41, 5.74) is 0.653. The predicted molar refractivity (Wildman–Crippen MR) is 69.5 cm³/mol. The van der Waals surface area contributed by atoms with E-state index in [1.165, 1.54) is 11.9 Å². The van der Waals surface area contributed by atoms with Gasteiger partial charge in [0.2, 0.25) is 0 Å². The quantitative estimate of drug-likeness (QED) is 0.922. The fraction of sp³-hybridized carbons (Fsp3) is 0.333. The second kappa shape index (κ2) is 5.79. The lowest BCUT2D eigenvalue weighted by molar-refractivity contribution is 0.0745. The summed E-state index contributed by atoms with van der Waals surface area (Å²) < 4.78 is 9.95. The van der Waals surface area contributed by atoms with Gasteiger partial charge in [-0.15, -0.1) is 0 Å². The number of hydrogen-bond donors (Lipinski definition) is 1. The third-order valence-electron chi connectivity index (χ3n) is 2.60. The topological polar surface area (TPSA) is 67.9 Å². The van der Waals surface area contributed by atoms with Gasteiger partial charge in [0, 0.05) is 17.8 Å². The molecule has 2 rings (SSSR count). The second-order valence-electron chi connectivity index (χ2n) is 3.94. The third-order valence-corrected chi connectivity index (χ3v) is 2.83. The third kappa shape index (κ3) is 3.29. The van der Waals surface area contributed by atoms with Gasteiger partial charge < -0.3 is 14.8 Å². The molecular formula is C12H13ClN2O4. The van der Waals surface area contributed by atoms with E-state index in [4.69, 9.17) is 21.1 Å². The number of rotatable bonds is 3. The Bertz CT molecular complexity index is 494. The van der Waals surface area contributed by atoms with Crippen LogP contribution in [0.2, 0.25) is 5.02 Å². The van der Waals surface area contributed by atoms with Crippen molar-refractivity contribution in [1.29, 1.82) is 0 Å². The summed E-state index contributed by atoms with van der Waals surface area (Å²) in [6.45, 7) is 0.332. The molecule has 2 amide bonds. The van der Waals surface area contributed by atoms with Gasteiger partial charge in [-0.25, -0.2) is 9.59 Å². The lowest BCUT2D eigenvalue weighted by Crippen LogP contribution is -2.28. The zero-order valence-electron chi connectivity index (χ0n) is 10.3. The van der Waals surface area contributed by atoms with Crippen LogP contribution in [0.5, 0.6) is 0 Å². The van der Waals surface area contributed by atoms with Crippen LogP contribution in [-0.4, -0.2) is 38.5 Å². The van der Waals surface area contributed by atoms with Crippen molar-refractivity contribution in [3.05, 3.63) is 29.3 Å². The summed E-state index contributed by atoms with van der Waals surface area (Å²) in [5.74, 6) is 0. The van der Waals surface area contributed by atoms with Crippen LogP contribution in [-0.2, 0) is 9.47 Å². The number of alkyl carbamates (subject to hydrolysis) is 1. The van der Waals surface area contributed by atoms with E-state index in [1.807, 2.05) is 0 Å². The van der Waals surface area contributed by atoms with Gasteiger partial charge in [0.25, 0.3) is 0 Å². The van der Waals surface area contributed by atoms with Crippen molar-refractivity contribution >= 4 is 29.5 Å². The molecule has 1 unspecified atom stereocenters. The average Bonchev–Trinajstić information content (AvgIpc) is 2.77. The number of hydrogen-bond acceptors (Lipinski definition) is 4. The van der Waals surface area contributed by atoms with Crippen molar-refractivity contribution in [3.8, 4) is 0 Å². The van der Waals surface area contributed by atoms with Crippen LogP contribution in [0.25, 0.3) is 0 Å². The number of carbonyl (C=O) groups is 2. The number of carbonyl (C=O) groups excluding carboxylic acids is 2. The molecule has 1 aromatic rings. The number of cyclic esters (lactones) is 1. The van der Waals surface area contributed by atoms with Gasteiger partial charge in [-0.05, 0) is 18.2 Å². The highest BCUT2D eigenvalue weighted by Gasteiger charge is 2.33. The Hall–Kier alpha value is -1.95. The van der Waals surface area contributed by atoms with Crippen LogP contribution in [0, 0.1) is 0 Å². The second-order valence-corrected chi connectivity index (χ2v) is 4.38. The molecular weight excluding hydrogens is 272 g/mol. The van der Waals surface area contributed by atoms with Crippen LogP contribution in [0.1, 0.15) is 0 Å². The first-order valence-electron chi connectivity index (χ1n) is 5.68. The molecule has 102 valence electrons. The molecule has 0 spiro atoms. The van der Waals surface area contributed by atoms with E-state index in [0.717, 1.165) is 0 Å². The highest BCUT2D eigenvalue weighted by Crippen LogP contribution is 2.24. The standard InChI is InChI=1S/C12H13ClN2O4/c1-14-11(16)18-7-10-6-15(12(17)19-10)9-4-2-3-8(13)5-9/h2-5,10H,6-7H2,1H3,(H,14,16). The number of nitrogens with zero attached hydrogens (tertiary/aromatic N) is 1. The van der Waals surface area contributed by atoms with Crippen molar-refractivity contribution in [2.75, 3.05) is 25.1 Å². The first-order valence-corrected chi connectivity index (χ1v) is 6.06. The Kier molecular flexibility index (Phi) is 4.11. The largest absolute Gasteiger partial charge is 0.446 e. The van der Waals surface area contributed by atoms with Crippen LogP contribution in [0.15, 0.2) is 24.3 Å². The summed E-state index contributed by atoms with van der Waals surface area (Å²) in [5, 5.41) is 2.86. The van der Waals surface area contributed by atoms with E-state index < -0.39 is 18.3 Å². The van der Waals surface area contributed by atoms with Gasteiger partial charge in [-0.2, -0.15) is 0 Å². The van der Waals surface area contributed by atoms with Gasteiger partial charge in [-0.3, -0.25) is 4.90 Å². The van der Waals surface area contributed by atoms with E-state index in [-0.39, 0.29) is 6.61 Å². The van der Waals surface area contributed by atoms with Crippen LogP contribution in [0.3, 0.4) is 0 Å². The number of benzene rings is 1. The van der Waals surface area contributed by atoms with Crippen LogP contribution >= 0.6 is 11.6 Å². The summed E-state index contributed by atoms with van der Waals surface area (Å²) in [6, 6.07) is 6.90. The van der Waals surface area contributed by atoms with E-state index in [9.17, 15) is 9.59 Å². The fourth-order valence-corrected chi connectivity index (χ4v) is 1.89. The first kappa shape index (κ1) is 13.5. The Morgan fingerprint density at radius 1 is 1.63 bits per heavy atom. The number of anilines is 1. The van der Waals surface area contributed by atoms with Crippen molar-refractivity contribution in [2.45, 2.75) is 6.10 Å². The predicted octanol–water partition coefficient (Wildman–Crippen LogP) is 2.02. The van der Waals surface area contributed by atoms with E-state index in [1.54, 1.807) is 24.3 Å². The molecule has 7 heteroatoms. The first-order chi connectivity index (χ1) is 9.10. The number of nitrogens with one attached hydrogen (secondary N) is 1. The monoisotopic (exact) mass is 284 g/mol. The molecule has 1 saturated heterocycles. The Balaban J connectivity index is 1.98. The number of amides is 2. The highest BCUT2D eigenvalue weighted by molar-refractivity contribution is 6.30. The fourth-order valence-electron chi connectivity index (χ4n) is 1.70. The normalized spacial score (nSPS) is 18.1. The minimum absolute atomic E-state index is 0.0163. The molecule has 1 aromatic carbocycles. The smallest absolute Gasteiger partial charge is 0.414 e. The van der Waals surface area contributed by atoms with Crippen LogP contribution in [0.4, 0.5) is 15.3 Å². The van der Waals surface area contributed by atoms with Crippen molar-refractivity contribution in [2.24, 2.45) is 0 Å². The number of ether oxygens (including phenoxy) is 2.